The van der Waals surface area contributed by atoms with Crippen LogP contribution in [0.5, 0.6) is 5.75 Å². The average molecular weight is 499 g/mol. The SMILES string of the molecule is COCCn1cnc2c1c(=O)n(CCOc1ccc(Br)cc1)c(=O)n2Cc1ccccc1. The molecule has 2 aromatic carbocycles. The van der Waals surface area contributed by atoms with Crippen molar-refractivity contribution in [2.45, 2.75) is 19.6 Å². The van der Waals surface area contributed by atoms with Gasteiger partial charge in [0.1, 0.15) is 12.4 Å². The number of halogens is 1. The monoisotopic (exact) mass is 498 g/mol. The van der Waals surface area contributed by atoms with Crippen molar-refractivity contribution >= 4 is 27.1 Å². The Morgan fingerprint density at radius 2 is 1.69 bits per heavy atom. The summed E-state index contributed by atoms with van der Waals surface area (Å²) < 4.78 is 16.3. The molecule has 4 rings (SSSR count). The number of hydrogen-bond acceptors (Lipinski definition) is 5. The molecule has 0 amide bonds. The molecule has 9 heteroatoms. The molecule has 0 bridgehead atoms. The van der Waals surface area contributed by atoms with Gasteiger partial charge in [0.05, 0.1) is 26.0 Å². The summed E-state index contributed by atoms with van der Waals surface area (Å²) in [5.74, 6) is 0.664. The van der Waals surface area contributed by atoms with E-state index in [1.807, 2.05) is 54.6 Å². The lowest BCUT2D eigenvalue weighted by atomic mass is 10.2. The third-order valence-electron chi connectivity index (χ3n) is 5.10. The molecule has 166 valence electrons. The second kappa shape index (κ2) is 9.97. The molecule has 0 fully saturated rings. The van der Waals surface area contributed by atoms with Gasteiger partial charge in [-0.05, 0) is 29.8 Å². The van der Waals surface area contributed by atoms with Crippen molar-refractivity contribution in [2.75, 3.05) is 20.3 Å². The highest BCUT2D eigenvalue weighted by atomic mass is 79.9. The number of methoxy groups -OCH3 is 1. The Morgan fingerprint density at radius 3 is 2.41 bits per heavy atom. The van der Waals surface area contributed by atoms with Crippen LogP contribution in [0, 0.1) is 0 Å². The zero-order valence-corrected chi connectivity index (χ0v) is 19.2. The van der Waals surface area contributed by atoms with E-state index < -0.39 is 5.69 Å². The molecule has 8 nitrogen and oxygen atoms in total. The van der Waals surface area contributed by atoms with Crippen molar-refractivity contribution in [1.82, 2.24) is 18.7 Å². The van der Waals surface area contributed by atoms with Gasteiger partial charge in [0.25, 0.3) is 5.56 Å². The van der Waals surface area contributed by atoms with Gasteiger partial charge < -0.3 is 14.0 Å². The molecule has 0 aliphatic carbocycles. The molecule has 0 radical (unpaired) electrons. The zero-order valence-electron chi connectivity index (χ0n) is 17.6. The molecule has 0 N–H and O–H groups in total. The molecule has 0 aliphatic rings. The minimum absolute atomic E-state index is 0.119. The van der Waals surface area contributed by atoms with E-state index in [-0.39, 0.29) is 18.7 Å². The third-order valence-corrected chi connectivity index (χ3v) is 5.63. The molecule has 0 saturated heterocycles. The molecule has 0 unspecified atom stereocenters. The third kappa shape index (κ3) is 4.68. The van der Waals surface area contributed by atoms with Crippen LogP contribution in [-0.4, -0.2) is 39.0 Å². The van der Waals surface area contributed by atoms with Crippen LogP contribution in [0.4, 0.5) is 0 Å². The molecule has 32 heavy (non-hydrogen) atoms. The second-order valence-electron chi connectivity index (χ2n) is 7.22. The van der Waals surface area contributed by atoms with Gasteiger partial charge in [-0.2, -0.15) is 0 Å². The van der Waals surface area contributed by atoms with Gasteiger partial charge in [0, 0.05) is 18.1 Å². The van der Waals surface area contributed by atoms with Crippen LogP contribution in [0.25, 0.3) is 11.2 Å². The highest BCUT2D eigenvalue weighted by Crippen LogP contribution is 2.16. The van der Waals surface area contributed by atoms with E-state index in [1.54, 1.807) is 18.0 Å². The first kappa shape index (κ1) is 22.0. The summed E-state index contributed by atoms with van der Waals surface area (Å²) in [7, 11) is 1.60. The number of aromatic nitrogens is 4. The fourth-order valence-electron chi connectivity index (χ4n) is 3.49. The molecule has 2 aromatic heterocycles. The number of benzene rings is 2. The Morgan fingerprint density at radius 1 is 0.938 bits per heavy atom. The summed E-state index contributed by atoms with van der Waals surface area (Å²) in [4.78, 5) is 31.0. The van der Waals surface area contributed by atoms with Crippen LogP contribution in [0.2, 0.25) is 0 Å². The van der Waals surface area contributed by atoms with Crippen LogP contribution in [0.15, 0.2) is 75.0 Å². The Kier molecular flexibility index (Phi) is 6.87. The number of ether oxygens (including phenoxy) is 2. The molecule has 0 spiro atoms. The maximum atomic E-state index is 13.3. The molecule has 0 atom stereocenters. The van der Waals surface area contributed by atoms with Crippen molar-refractivity contribution in [3.63, 3.8) is 0 Å². The van der Waals surface area contributed by atoms with Gasteiger partial charge >= 0.3 is 5.69 Å². The van der Waals surface area contributed by atoms with E-state index in [1.165, 1.54) is 9.13 Å². The van der Waals surface area contributed by atoms with Gasteiger partial charge in [-0.15, -0.1) is 0 Å². The van der Waals surface area contributed by atoms with Crippen molar-refractivity contribution < 1.29 is 9.47 Å². The first-order valence-corrected chi connectivity index (χ1v) is 11.0. The molecule has 0 saturated carbocycles. The van der Waals surface area contributed by atoms with Crippen LogP contribution in [0.1, 0.15) is 5.56 Å². The standard InChI is InChI=1S/C23H23BrN4O4/c1-31-13-11-26-16-25-21-20(26)22(29)27(12-14-32-19-9-7-18(24)8-10-19)23(30)28(21)15-17-5-3-2-4-6-17/h2-10,16H,11-15H2,1H3. The predicted octanol–water partition coefficient (Wildman–Crippen LogP) is 2.90. The summed E-state index contributed by atoms with van der Waals surface area (Å²) in [5.41, 5.74) is 0.884. The van der Waals surface area contributed by atoms with Crippen molar-refractivity contribution in [1.29, 1.82) is 0 Å². The zero-order chi connectivity index (χ0) is 22.5. The van der Waals surface area contributed by atoms with Gasteiger partial charge in [-0.1, -0.05) is 46.3 Å². The highest BCUT2D eigenvalue weighted by molar-refractivity contribution is 9.10. The summed E-state index contributed by atoms with van der Waals surface area (Å²) in [5, 5.41) is 0. The summed E-state index contributed by atoms with van der Waals surface area (Å²) >= 11 is 3.39. The molecule has 4 aromatic rings. The fourth-order valence-corrected chi connectivity index (χ4v) is 3.75. The first-order valence-electron chi connectivity index (χ1n) is 10.2. The van der Waals surface area contributed by atoms with E-state index in [9.17, 15) is 9.59 Å². The minimum atomic E-state index is -0.414. The van der Waals surface area contributed by atoms with Gasteiger partial charge in [-0.3, -0.25) is 13.9 Å². The smallest absolute Gasteiger partial charge is 0.333 e. The fraction of sp³-hybridized carbons (Fsp3) is 0.261. The van der Waals surface area contributed by atoms with Crippen LogP contribution in [0.3, 0.4) is 0 Å². The van der Waals surface area contributed by atoms with Crippen LogP contribution in [-0.2, 0) is 24.4 Å². The lowest BCUT2D eigenvalue weighted by Gasteiger charge is -2.13. The van der Waals surface area contributed by atoms with E-state index in [0.29, 0.717) is 36.6 Å². The molecular formula is C23H23BrN4O4. The molecule has 0 aliphatic heterocycles. The number of fused-ring (bicyclic) bond motifs is 1. The number of hydrogen-bond donors (Lipinski definition) is 0. The number of imidazole rings is 1. The Hall–Kier alpha value is -3.17. The maximum Gasteiger partial charge on any atom is 0.333 e. The largest absolute Gasteiger partial charge is 0.492 e. The predicted molar refractivity (Wildman–Crippen MR) is 125 cm³/mol. The Labute approximate surface area is 192 Å². The number of rotatable bonds is 9. The minimum Gasteiger partial charge on any atom is -0.492 e. The average Bonchev–Trinajstić information content (AvgIpc) is 3.23. The number of nitrogens with zero attached hydrogens (tertiary/aromatic N) is 4. The van der Waals surface area contributed by atoms with Crippen molar-refractivity contribution in [2.24, 2.45) is 0 Å². The van der Waals surface area contributed by atoms with Crippen molar-refractivity contribution in [3.8, 4) is 5.75 Å². The summed E-state index contributed by atoms with van der Waals surface area (Å²) in [6.45, 7) is 1.50. The van der Waals surface area contributed by atoms with E-state index >= 15 is 0 Å². The van der Waals surface area contributed by atoms with E-state index in [0.717, 1.165) is 10.0 Å². The van der Waals surface area contributed by atoms with Gasteiger partial charge in [0.2, 0.25) is 0 Å². The maximum absolute atomic E-state index is 13.3. The lowest BCUT2D eigenvalue weighted by molar-refractivity contribution is 0.188. The second-order valence-corrected chi connectivity index (χ2v) is 8.13. The van der Waals surface area contributed by atoms with Gasteiger partial charge in [-0.25, -0.2) is 9.78 Å². The van der Waals surface area contributed by atoms with Crippen molar-refractivity contribution in [3.05, 3.63) is 91.8 Å². The lowest BCUT2D eigenvalue weighted by Crippen LogP contribution is -2.42. The van der Waals surface area contributed by atoms with Crippen LogP contribution >= 0.6 is 15.9 Å². The summed E-state index contributed by atoms with van der Waals surface area (Å²) in [6, 6.07) is 17.0. The molecule has 2 heterocycles. The Balaban J connectivity index is 1.72. The summed E-state index contributed by atoms with van der Waals surface area (Å²) in [6.07, 6.45) is 1.58. The Bertz CT molecular complexity index is 1310. The van der Waals surface area contributed by atoms with Gasteiger partial charge in [0.15, 0.2) is 11.2 Å². The highest BCUT2D eigenvalue weighted by Gasteiger charge is 2.18. The first-order chi connectivity index (χ1) is 15.6. The topological polar surface area (TPSA) is 80.3 Å². The normalized spacial score (nSPS) is 11.2. The van der Waals surface area contributed by atoms with Crippen LogP contribution < -0.4 is 16.0 Å². The van der Waals surface area contributed by atoms with E-state index in [4.69, 9.17) is 9.47 Å². The van der Waals surface area contributed by atoms with E-state index in [2.05, 4.69) is 20.9 Å². The molecular weight excluding hydrogens is 476 g/mol. The quantitative estimate of drug-likeness (QED) is 0.354.